The molecular weight excluding hydrogens is 318 g/mol. The van der Waals surface area contributed by atoms with Crippen LogP contribution in [0.5, 0.6) is 0 Å². The predicted molar refractivity (Wildman–Crippen MR) is 94.6 cm³/mol. The van der Waals surface area contributed by atoms with Crippen molar-refractivity contribution in [3.8, 4) is 0 Å². The molecule has 2 N–H and O–H groups in total. The number of piperidine rings is 1. The van der Waals surface area contributed by atoms with Crippen molar-refractivity contribution in [3.63, 3.8) is 0 Å². The van der Waals surface area contributed by atoms with E-state index in [0.717, 1.165) is 38.9 Å². The third-order valence-electron chi connectivity index (χ3n) is 4.83. The number of aromatic nitrogens is 4. The average Bonchev–Trinajstić information content (AvgIpc) is 3.05. The molecule has 0 radical (unpaired) electrons. The van der Waals surface area contributed by atoms with Gasteiger partial charge < -0.3 is 15.5 Å². The van der Waals surface area contributed by atoms with Crippen LogP contribution in [0.15, 0.2) is 30.3 Å². The first-order chi connectivity index (χ1) is 12.1. The summed E-state index contributed by atoms with van der Waals surface area (Å²) in [6, 6.07) is 10.7. The molecule has 1 aliphatic rings. The van der Waals surface area contributed by atoms with E-state index in [2.05, 4.69) is 44.7 Å². The Balaban J connectivity index is 1.51. The van der Waals surface area contributed by atoms with Crippen molar-refractivity contribution in [2.24, 2.45) is 0 Å². The van der Waals surface area contributed by atoms with E-state index in [0.29, 0.717) is 0 Å². The number of likely N-dealkylation sites (N-methyl/N-ethyl adjacent to an activating group) is 1. The Kier molecular flexibility index (Phi) is 5.60. The Morgan fingerprint density at radius 1 is 1.36 bits per heavy atom. The Morgan fingerprint density at radius 3 is 2.88 bits per heavy atom. The summed E-state index contributed by atoms with van der Waals surface area (Å²) in [6.07, 6.45) is 3.16. The normalized spacial score (nSPS) is 18.2. The fraction of sp³-hybridized carbons (Fsp3) is 0.529. The highest BCUT2D eigenvalue weighted by Crippen LogP contribution is 2.16. The Hall–Kier alpha value is -2.48. The van der Waals surface area contributed by atoms with Crippen LogP contribution in [0.4, 0.5) is 5.95 Å². The number of anilines is 1. The van der Waals surface area contributed by atoms with Gasteiger partial charge in [0.25, 0.3) is 0 Å². The first kappa shape index (κ1) is 17.3. The lowest BCUT2D eigenvalue weighted by Crippen LogP contribution is -2.49. The molecule has 1 aromatic carbocycles. The average molecular weight is 343 g/mol. The van der Waals surface area contributed by atoms with Crippen molar-refractivity contribution < 1.29 is 4.79 Å². The lowest BCUT2D eigenvalue weighted by molar-refractivity contribution is -0.133. The lowest BCUT2D eigenvalue weighted by Gasteiger charge is -2.37. The van der Waals surface area contributed by atoms with Crippen LogP contribution in [-0.4, -0.2) is 68.6 Å². The van der Waals surface area contributed by atoms with Crippen molar-refractivity contribution >= 4 is 11.9 Å². The molecule has 2 aromatic rings. The van der Waals surface area contributed by atoms with Gasteiger partial charge in [0, 0.05) is 26.2 Å². The highest BCUT2D eigenvalue weighted by Gasteiger charge is 2.26. The standard InChI is InChI=1S/C17H25N7O/c1-22(16(25)13-24-17(18)19-20-21-24)15-8-5-10-23(12-15)11-9-14-6-3-2-4-7-14/h2-4,6-7,15H,5,8-13H2,1H3,(H2,18,19,21)/t15-/m0/s1. The van der Waals surface area contributed by atoms with Gasteiger partial charge in [0.1, 0.15) is 6.54 Å². The van der Waals surface area contributed by atoms with Gasteiger partial charge in [-0.2, -0.15) is 0 Å². The summed E-state index contributed by atoms with van der Waals surface area (Å²) in [6.45, 7) is 3.09. The zero-order chi connectivity index (χ0) is 17.6. The molecule has 1 atom stereocenters. The molecular formula is C17H25N7O. The van der Waals surface area contributed by atoms with E-state index in [-0.39, 0.29) is 24.4 Å². The van der Waals surface area contributed by atoms with Gasteiger partial charge in [0.2, 0.25) is 11.9 Å². The van der Waals surface area contributed by atoms with Crippen LogP contribution in [0, 0.1) is 0 Å². The van der Waals surface area contributed by atoms with Gasteiger partial charge in [0.05, 0.1) is 0 Å². The van der Waals surface area contributed by atoms with Crippen LogP contribution < -0.4 is 5.73 Å². The van der Waals surface area contributed by atoms with Gasteiger partial charge in [-0.05, 0) is 41.8 Å². The number of benzene rings is 1. The molecule has 1 fully saturated rings. The number of carbonyl (C=O) groups excluding carboxylic acids is 1. The maximum absolute atomic E-state index is 12.5. The van der Waals surface area contributed by atoms with Gasteiger partial charge in [-0.3, -0.25) is 4.79 Å². The highest BCUT2D eigenvalue weighted by atomic mass is 16.2. The molecule has 134 valence electrons. The van der Waals surface area contributed by atoms with Crippen molar-refractivity contribution in [2.75, 3.05) is 32.4 Å². The monoisotopic (exact) mass is 343 g/mol. The van der Waals surface area contributed by atoms with Gasteiger partial charge in [-0.25, -0.2) is 4.68 Å². The third kappa shape index (κ3) is 4.54. The Labute approximate surface area is 147 Å². The number of tetrazole rings is 1. The molecule has 8 heteroatoms. The summed E-state index contributed by atoms with van der Waals surface area (Å²) in [5.74, 6) is 0.142. The van der Waals surface area contributed by atoms with Crippen LogP contribution in [0.25, 0.3) is 0 Å². The summed E-state index contributed by atoms with van der Waals surface area (Å²) in [5.41, 5.74) is 6.98. The van der Waals surface area contributed by atoms with Gasteiger partial charge >= 0.3 is 0 Å². The van der Waals surface area contributed by atoms with Gasteiger partial charge in [-0.15, -0.1) is 0 Å². The van der Waals surface area contributed by atoms with E-state index in [1.807, 2.05) is 18.0 Å². The van der Waals surface area contributed by atoms with E-state index in [9.17, 15) is 4.79 Å². The number of amides is 1. The number of hydrogen-bond acceptors (Lipinski definition) is 6. The Bertz CT molecular complexity index is 687. The molecule has 0 spiro atoms. The topological polar surface area (TPSA) is 93.2 Å². The van der Waals surface area contributed by atoms with Crippen LogP contribution in [0.2, 0.25) is 0 Å². The largest absolute Gasteiger partial charge is 0.367 e. The number of nitrogens with zero attached hydrogens (tertiary/aromatic N) is 6. The fourth-order valence-corrected chi connectivity index (χ4v) is 3.25. The van der Waals surface area contributed by atoms with E-state index in [4.69, 9.17) is 5.73 Å². The van der Waals surface area contributed by atoms with Gasteiger partial charge in [0.15, 0.2) is 0 Å². The van der Waals surface area contributed by atoms with Crippen molar-refractivity contribution in [3.05, 3.63) is 35.9 Å². The molecule has 0 aliphatic carbocycles. The summed E-state index contributed by atoms with van der Waals surface area (Å²) in [4.78, 5) is 16.7. The SMILES string of the molecule is CN(C(=O)Cn1nnnc1N)[C@H]1CCCN(CCc2ccccc2)C1. The van der Waals surface area contributed by atoms with E-state index >= 15 is 0 Å². The quantitative estimate of drug-likeness (QED) is 0.817. The number of rotatable bonds is 6. The molecule has 0 unspecified atom stereocenters. The minimum absolute atomic E-state index is 0.0195. The summed E-state index contributed by atoms with van der Waals surface area (Å²) >= 11 is 0. The summed E-state index contributed by atoms with van der Waals surface area (Å²) in [7, 11) is 1.86. The molecule has 0 bridgehead atoms. The molecule has 1 aliphatic heterocycles. The highest BCUT2D eigenvalue weighted by molar-refractivity contribution is 5.76. The second-order valence-electron chi connectivity index (χ2n) is 6.53. The molecule has 25 heavy (non-hydrogen) atoms. The first-order valence-corrected chi connectivity index (χ1v) is 8.67. The number of nitrogens with two attached hydrogens (primary N) is 1. The molecule has 1 aromatic heterocycles. The smallest absolute Gasteiger partial charge is 0.244 e. The van der Waals surface area contributed by atoms with E-state index in [1.165, 1.54) is 10.2 Å². The summed E-state index contributed by atoms with van der Waals surface area (Å²) < 4.78 is 1.33. The van der Waals surface area contributed by atoms with Crippen LogP contribution in [0.3, 0.4) is 0 Å². The van der Waals surface area contributed by atoms with Crippen LogP contribution in [0.1, 0.15) is 18.4 Å². The summed E-state index contributed by atoms with van der Waals surface area (Å²) in [5, 5.41) is 10.8. The molecule has 1 saturated heterocycles. The Morgan fingerprint density at radius 2 is 2.16 bits per heavy atom. The molecule has 8 nitrogen and oxygen atoms in total. The van der Waals surface area contributed by atoms with Crippen molar-refractivity contribution in [2.45, 2.75) is 31.8 Å². The van der Waals surface area contributed by atoms with Crippen molar-refractivity contribution in [1.29, 1.82) is 0 Å². The second kappa shape index (κ2) is 8.06. The predicted octanol–water partition coefficient (Wildman–Crippen LogP) is 0.421. The second-order valence-corrected chi connectivity index (χ2v) is 6.53. The van der Waals surface area contributed by atoms with Gasteiger partial charge in [-0.1, -0.05) is 35.4 Å². The maximum atomic E-state index is 12.5. The number of nitrogen functional groups attached to an aromatic ring is 1. The number of hydrogen-bond donors (Lipinski definition) is 1. The molecule has 0 saturated carbocycles. The first-order valence-electron chi connectivity index (χ1n) is 8.67. The van der Waals surface area contributed by atoms with Crippen molar-refractivity contribution in [1.82, 2.24) is 30.0 Å². The zero-order valence-corrected chi connectivity index (χ0v) is 14.6. The molecule has 3 rings (SSSR count). The minimum atomic E-state index is -0.0195. The third-order valence-corrected chi connectivity index (χ3v) is 4.83. The number of likely N-dealkylation sites (tertiary alicyclic amines) is 1. The fourth-order valence-electron chi connectivity index (χ4n) is 3.25. The maximum Gasteiger partial charge on any atom is 0.244 e. The van der Waals surface area contributed by atoms with Crippen LogP contribution >= 0.6 is 0 Å². The minimum Gasteiger partial charge on any atom is -0.367 e. The zero-order valence-electron chi connectivity index (χ0n) is 14.6. The van der Waals surface area contributed by atoms with Crippen LogP contribution in [-0.2, 0) is 17.8 Å². The lowest BCUT2D eigenvalue weighted by atomic mass is 10.0. The molecule has 1 amide bonds. The van der Waals surface area contributed by atoms with E-state index < -0.39 is 0 Å². The number of carbonyl (C=O) groups is 1. The van der Waals surface area contributed by atoms with E-state index in [1.54, 1.807) is 0 Å². The molecule has 2 heterocycles.